The third kappa shape index (κ3) is 4.89. The number of ether oxygens (including phenoxy) is 1. The van der Waals surface area contributed by atoms with Gasteiger partial charge in [0.05, 0.1) is 12.0 Å². The van der Waals surface area contributed by atoms with Crippen molar-refractivity contribution in [2.45, 2.75) is 11.3 Å². The molecular weight excluding hydrogens is 386 g/mol. The summed E-state index contributed by atoms with van der Waals surface area (Å²) >= 11 is 1.19. The molecule has 9 heteroatoms. The number of sulfone groups is 1. The molecule has 0 fully saturated rings. The Bertz CT molecular complexity index is 1030. The maximum atomic E-state index is 12.2. The van der Waals surface area contributed by atoms with Crippen molar-refractivity contribution in [3.8, 4) is 5.75 Å². The second-order valence-corrected chi connectivity index (χ2v) is 8.66. The van der Waals surface area contributed by atoms with Crippen LogP contribution < -0.4 is 10.1 Å². The number of anilines is 1. The first-order valence-electron chi connectivity index (χ1n) is 8.00. The molecule has 140 valence electrons. The van der Waals surface area contributed by atoms with Crippen LogP contribution in [0.15, 0.2) is 59.5 Å². The van der Waals surface area contributed by atoms with E-state index in [-0.39, 0.29) is 10.0 Å². The Balaban J connectivity index is 1.64. The molecule has 0 saturated carbocycles. The van der Waals surface area contributed by atoms with E-state index in [1.54, 1.807) is 25.3 Å². The first-order valence-corrected chi connectivity index (χ1v) is 10.5. The predicted molar refractivity (Wildman–Crippen MR) is 103 cm³/mol. The van der Waals surface area contributed by atoms with Crippen LogP contribution in [-0.4, -0.2) is 37.4 Å². The Hall–Kier alpha value is -2.78. The van der Waals surface area contributed by atoms with E-state index in [0.29, 0.717) is 11.4 Å². The second kappa shape index (κ2) is 8.28. The van der Waals surface area contributed by atoms with E-state index in [1.807, 2.05) is 24.3 Å². The maximum absolute atomic E-state index is 12.2. The van der Waals surface area contributed by atoms with Crippen LogP contribution >= 0.6 is 11.3 Å². The minimum Gasteiger partial charge on any atom is -0.496 e. The fourth-order valence-corrected chi connectivity index (χ4v) is 4.36. The van der Waals surface area contributed by atoms with E-state index in [9.17, 15) is 13.2 Å². The Kier molecular flexibility index (Phi) is 5.82. The minimum absolute atomic E-state index is 0.106. The lowest BCUT2D eigenvalue weighted by molar-refractivity contribution is -0.113. The lowest BCUT2D eigenvalue weighted by atomic mass is 10.1. The summed E-state index contributed by atoms with van der Waals surface area (Å²) in [5, 5.41) is 11.4. The van der Waals surface area contributed by atoms with Crippen molar-refractivity contribution in [2.24, 2.45) is 0 Å². The quantitative estimate of drug-likeness (QED) is 0.651. The molecule has 2 aromatic carbocycles. The third-order valence-electron chi connectivity index (χ3n) is 3.67. The molecule has 0 spiro atoms. The Morgan fingerprint density at radius 3 is 2.52 bits per heavy atom. The molecule has 1 heterocycles. The molecule has 1 aromatic heterocycles. The molecular formula is C18H17N3O4S2. The number of carbonyl (C=O) groups excluding carboxylic acids is 1. The van der Waals surface area contributed by atoms with Crippen molar-refractivity contribution in [1.82, 2.24) is 10.2 Å². The highest BCUT2D eigenvalue weighted by molar-refractivity contribution is 7.92. The predicted octanol–water partition coefficient (Wildman–Crippen LogP) is 2.55. The van der Waals surface area contributed by atoms with Crippen molar-refractivity contribution >= 4 is 32.2 Å². The first kappa shape index (κ1) is 19.0. The number of methoxy groups -OCH3 is 1. The number of amides is 1. The van der Waals surface area contributed by atoms with E-state index < -0.39 is 21.5 Å². The van der Waals surface area contributed by atoms with Crippen LogP contribution in [0.4, 0.5) is 5.13 Å². The van der Waals surface area contributed by atoms with Crippen molar-refractivity contribution in [1.29, 1.82) is 0 Å². The largest absolute Gasteiger partial charge is 0.496 e. The van der Waals surface area contributed by atoms with Crippen molar-refractivity contribution in [3.05, 3.63) is 65.2 Å². The second-order valence-electron chi connectivity index (χ2n) is 5.61. The monoisotopic (exact) mass is 403 g/mol. The molecule has 0 aliphatic heterocycles. The fraction of sp³-hybridized carbons (Fsp3) is 0.167. The molecule has 0 atom stereocenters. The zero-order valence-electron chi connectivity index (χ0n) is 14.5. The standard InChI is InChI=1S/C18H17N3O4S2/c1-25-15-10-6-5-7-13(15)11-17-20-21-18(26-17)19-16(22)12-27(23,24)14-8-3-2-4-9-14/h2-10H,11-12H2,1H3,(H,19,21,22). The van der Waals surface area contributed by atoms with Gasteiger partial charge in [0.2, 0.25) is 11.0 Å². The summed E-state index contributed by atoms with van der Waals surface area (Å²) in [7, 11) is -2.11. The van der Waals surface area contributed by atoms with E-state index >= 15 is 0 Å². The molecule has 0 aliphatic rings. The molecule has 0 aliphatic carbocycles. The number of carbonyl (C=O) groups is 1. The molecule has 1 N–H and O–H groups in total. The number of rotatable bonds is 7. The first-order chi connectivity index (χ1) is 13.0. The highest BCUT2D eigenvalue weighted by Gasteiger charge is 2.20. The lowest BCUT2D eigenvalue weighted by Crippen LogP contribution is -2.22. The fourth-order valence-electron chi connectivity index (χ4n) is 2.43. The number of hydrogen-bond donors (Lipinski definition) is 1. The van der Waals surface area contributed by atoms with Crippen LogP contribution in [0.2, 0.25) is 0 Å². The van der Waals surface area contributed by atoms with Gasteiger partial charge in [-0.05, 0) is 18.2 Å². The summed E-state index contributed by atoms with van der Waals surface area (Å²) in [6.45, 7) is 0. The van der Waals surface area contributed by atoms with Crippen LogP contribution in [0.25, 0.3) is 0 Å². The maximum Gasteiger partial charge on any atom is 0.241 e. The van der Waals surface area contributed by atoms with Crippen LogP contribution in [-0.2, 0) is 21.1 Å². The molecule has 3 rings (SSSR count). The molecule has 27 heavy (non-hydrogen) atoms. The average molecular weight is 403 g/mol. The molecule has 7 nitrogen and oxygen atoms in total. The van der Waals surface area contributed by atoms with Gasteiger partial charge in [-0.1, -0.05) is 47.7 Å². The highest BCUT2D eigenvalue weighted by atomic mass is 32.2. The Morgan fingerprint density at radius 1 is 1.07 bits per heavy atom. The number of benzene rings is 2. The van der Waals surface area contributed by atoms with Crippen molar-refractivity contribution in [3.63, 3.8) is 0 Å². The zero-order chi connectivity index (χ0) is 19.3. The third-order valence-corrected chi connectivity index (χ3v) is 6.14. The number of aromatic nitrogens is 2. The van der Waals surface area contributed by atoms with E-state index in [1.165, 1.54) is 23.5 Å². The molecule has 1 amide bonds. The zero-order valence-corrected chi connectivity index (χ0v) is 16.1. The summed E-state index contributed by atoms with van der Waals surface area (Å²) in [4.78, 5) is 12.2. The Labute approximate surface area is 161 Å². The summed E-state index contributed by atoms with van der Waals surface area (Å²) in [5.74, 6) is -0.565. The van der Waals surface area contributed by atoms with Crippen LogP contribution in [0.1, 0.15) is 10.6 Å². The van der Waals surface area contributed by atoms with Gasteiger partial charge in [-0.25, -0.2) is 8.42 Å². The topological polar surface area (TPSA) is 98.2 Å². The Morgan fingerprint density at radius 2 is 1.78 bits per heavy atom. The highest BCUT2D eigenvalue weighted by Crippen LogP contribution is 2.24. The van der Waals surface area contributed by atoms with Gasteiger partial charge in [0, 0.05) is 12.0 Å². The van der Waals surface area contributed by atoms with Crippen molar-refractivity contribution < 1.29 is 17.9 Å². The average Bonchev–Trinajstić information content (AvgIpc) is 3.09. The minimum atomic E-state index is -3.70. The smallest absolute Gasteiger partial charge is 0.241 e. The van der Waals surface area contributed by atoms with E-state index in [4.69, 9.17) is 4.74 Å². The summed E-state index contributed by atoms with van der Waals surface area (Å²) in [6.07, 6.45) is 0.500. The normalized spacial score (nSPS) is 11.1. The van der Waals surface area contributed by atoms with Gasteiger partial charge in [0.1, 0.15) is 16.5 Å². The van der Waals surface area contributed by atoms with Gasteiger partial charge in [0.25, 0.3) is 0 Å². The molecule has 0 unspecified atom stereocenters. The number of hydrogen-bond acceptors (Lipinski definition) is 7. The van der Waals surface area contributed by atoms with Gasteiger partial charge in [-0.3, -0.25) is 10.1 Å². The van der Waals surface area contributed by atoms with Crippen LogP contribution in [0.5, 0.6) is 5.75 Å². The number of nitrogens with zero attached hydrogens (tertiary/aromatic N) is 2. The summed E-state index contributed by atoms with van der Waals surface area (Å²) in [6, 6.07) is 15.4. The number of nitrogens with one attached hydrogen (secondary N) is 1. The van der Waals surface area contributed by atoms with Crippen LogP contribution in [0.3, 0.4) is 0 Å². The number of para-hydroxylation sites is 1. The lowest BCUT2D eigenvalue weighted by Gasteiger charge is -2.05. The van der Waals surface area contributed by atoms with Crippen LogP contribution in [0, 0.1) is 0 Å². The van der Waals surface area contributed by atoms with E-state index in [2.05, 4.69) is 15.5 Å². The van der Waals surface area contributed by atoms with Gasteiger partial charge in [0.15, 0.2) is 9.84 Å². The molecule has 0 saturated heterocycles. The summed E-state index contributed by atoms with van der Waals surface area (Å²) in [5.41, 5.74) is 0.945. The van der Waals surface area contributed by atoms with Gasteiger partial charge in [-0.2, -0.15) is 0 Å². The SMILES string of the molecule is COc1ccccc1Cc1nnc(NC(=O)CS(=O)(=O)c2ccccc2)s1. The van der Waals surface area contributed by atoms with E-state index in [0.717, 1.165) is 11.3 Å². The van der Waals surface area contributed by atoms with Crippen molar-refractivity contribution in [2.75, 3.05) is 18.2 Å². The molecule has 0 bridgehead atoms. The van der Waals surface area contributed by atoms with Gasteiger partial charge < -0.3 is 4.74 Å². The molecule has 3 aromatic rings. The van der Waals surface area contributed by atoms with Gasteiger partial charge >= 0.3 is 0 Å². The van der Waals surface area contributed by atoms with Gasteiger partial charge in [-0.15, -0.1) is 10.2 Å². The molecule has 0 radical (unpaired) electrons. The summed E-state index contributed by atoms with van der Waals surface area (Å²) < 4.78 is 29.8.